The third-order valence-electron chi connectivity index (χ3n) is 7.54. The van der Waals surface area contributed by atoms with E-state index < -0.39 is 30.9 Å². The van der Waals surface area contributed by atoms with Crippen LogP contribution in [-0.4, -0.2) is 65.2 Å². The SMILES string of the molecule is Cc1cc(N=Nc2cc(SOOO)ccc2S(=O)(=O)O)c(C)cc1N=Nc1ccc(Nc2nc(Cl)nc(Nc3ccc(S(=O)(=O)CCOSOOO)cc3)n2)cc1NC(N)=O. The summed E-state index contributed by atoms with van der Waals surface area (Å²) in [6.07, 6.45) is 0. The predicted octanol–water partition coefficient (Wildman–Crippen LogP) is 8.40. The fraction of sp³-hybridized carbons (Fsp3) is 0.125. The number of amides is 2. The Balaban J connectivity index is 1.31. The second kappa shape index (κ2) is 21.4. The molecule has 5 rings (SSSR count). The monoisotopic (exact) mass is 939 g/mol. The van der Waals surface area contributed by atoms with Crippen molar-refractivity contribution in [3.05, 3.63) is 89.2 Å². The molecular formula is C32H30ClN11O13S4. The van der Waals surface area contributed by atoms with Crippen molar-refractivity contribution in [3.8, 4) is 0 Å². The number of hydrogen-bond donors (Lipinski definition) is 7. The molecule has 0 aliphatic rings. The van der Waals surface area contributed by atoms with Gasteiger partial charge in [-0.3, -0.25) is 8.74 Å². The summed E-state index contributed by atoms with van der Waals surface area (Å²) in [5.74, 6) is -0.385. The van der Waals surface area contributed by atoms with Crippen LogP contribution in [0.3, 0.4) is 0 Å². The van der Waals surface area contributed by atoms with Crippen molar-refractivity contribution >= 4 is 114 Å². The molecule has 5 aromatic rings. The van der Waals surface area contributed by atoms with E-state index in [1.165, 1.54) is 48.5 Å². The highest BCUT2D eigenvalue weighted by atomic mass is 35.5. The van der Waals surface area contributed by atoms with Crippen LogP contribution in [0.1, 0.15) is 11.1 Å². The second-order valence-corrected chi connectivity index (χ2v) is 16.9. The Morgan fingerprint density at radius 1 is 0.770 bits per heavy atom. The molecule has 4 aromatic carbocycles. The van der Waals surface area contributed by atoms with E-state index in [-0.39, 0.29) is 68.7 Å². The number of sulfone groups is 1. The minimum Gasteiger partial charge on any atom is -0.351 e. The summed E-state index contributed by atoms with van der Waals surface area (Å²) < 4.78 is 71.9. The summed E-state index contributed by atoms with van der Waals surface area (Å²) in [5, 5.41) is 48.4. The zero-order valence-corrected chi connectivity index (χ0v) is 35.0. The minimum atomic E-state index is -4.68. The molecule has 61 heavy (non-hydrogen) atoms. The fourth-order valence-electron chi connectivity index (χ4n) is 4.84. The number of aromatic nitrogens is 3. The van der Waals surface area contributed by atoms with E-state index in [0.717, 1.165) is 6.07 Å². The van der Waals surface area contributed by atoms with Gasteiger partial charge in [0.15, 0.2) is 22.2 Å². The first kappa shape index (κ1) is 46.6. The number of halogens is 1. The number of hydrogen-bond acceptors (Lipinski definition) is 23. The first-order valence-electron chi connectivity index (χ1n) is 16.5. The van der Waals surface area contributed by atoms with Gasteiger partial charge in [0.25, 0.3) is 10.1 Å². The van der Waals surface area contributed by atoms with Crippen molar-refractivity contribution in [1.29, 1.82) is 0 Å². The highest BCUT2D eigenvalue weighted by Gasteiger charge is 2.18. The number of nitrogens with two attached hydrogens (primary N) is 1. The summed E-state index contributed by atoms with van der Waals surface area (Å²) >= 11 is 6.99. The Labute approximate surface area is 358 Å². The first-order valence-corrected chi connectivity index (χ1v) is 21.4. The molecule has 0 radical (unpaired) electrons. The number of benzene rings is 4. The maximum absolute atomic E-state index is 12.6. The Morgan fingerprint density at radius 2 is 1.36 bits per heavy atom. The van der Waals surface area contributed by atoms with Crippen molar-refractivity contribution in [1.82, 2.24) is 15.0 Å². The Morgan fingerprint density at radius 3 is 1.97 bits per heavy atom. The third-order valence-corrected chi connectivity index (χ3v) is 11.3. The topological polar surface area (TPSA) is 342 Å². The maximum atomic E-state index is 12.6. The second-order valence-electron chi connectivity index (χ2n) is 11.8. The van der Waals surface area contributed by atoms with Gasteiger partial charge in [0.1, 0.15) is 16.3 Å². The maximum Gasteiger partial charge on any atom is 0.316 e. The lowest BCUT2D eigenvalue weighted by Crippen LogP contribution is -2.19. The number of rotatable bonds is 20. The van der Waals surface area contributed by atoms with E-state index >= 15 is 0 Å². The van der Waals surface area contributed by atoms with Crippen LogP contribution in [0.5, 0.6) is 0 Å². The largest absolute Gasteiger partial charge is 0.351 e. The number of azo groups is 2. The standard InChI is InChI=1S/C32H30ClN11O13S4/c1-17-14-25(43-44-27-16-21(58-56-54-46)6-10-28(27)61(50,51)52)18(2)13-24(17)42-41-23-9-5-20(15-26(23)37-30(34)45)36-32-39-29(33)38-31(40-32)35-19-3-7-22(8-4-19)60(48,49)12-11-53-59-57-55-47/h3-10,13-16,46-47H,11-12H2,1-2H3,(H3,34,37,45)(H,50,51,52)(H2,35,36,38,39,40). The molecule has 1 heterocycles. The summed E-state index contributed by atoms with van der Waals surface area (Å²) in [6.45, 7) is 3.16. The van der Waals surface area contributed by atoms with Crippen molar-refractivity contribution in [2.24, 2.45) is 26.2 Å². The van der Waals surface area contributed by atoms with Gasteiger partial charge < -0.3 is 21.7 Å². The number of urea groups is 1. The number of anilines is 5. The van der Waals surface area contributed by atoms with Gasteiger partial charge in [-0.05, 0) is 109 Å². The number of nitrogens with one attached hydrogen (secondary N) is 3. The summed E-state index contributed by atoms with van der Waals surface area (Å²) in [5.41, 5.74) is 8.22. The zero-order chi connectivity index (χ0) is 44.2. The molecule has 0 aliphatic carbocycles. The highest BCUT2D eigenvalue weighted by molar-refractivity contribution is 7.94. The lowest BCUT2D eigenvalue weighted by atomic mass is 10.1. The summed E-state index contributed by atoms with van der Waals surface area (Å²) in [4.78, 5) is 24.1. The van der Waals surface area contributed by atoms with Crippen molar-refractivity contribution in [3.63, 3.8) is 0 Å². The van der Waals surface area contributed by atoms with E-state index in [9.17, 15) is 26.2 Å². The average molecular weight is 940 g/mol. The first-order chi connectivity index (χ1) is 29.0. The highest BCUT2D eigenvalue weighted by Crippen LogP contribution is 2.36. The molecular weight excluding hydrogens is 910 g/mol. The van der Waals surface area contributed by atoms with E-state index in [0.29, 0.717) is 45.9 Å². The van der Waals surface area contributed by atoms with Crippen molar-refractivity contribution in [2.75, 3.05) is 28.3 Å². The van der Waals surface area contributed by atoms with Crippen LogP contribution in [-0.2, 0) is 42.9 Å². The van der Waals surface area contributed by atoms with E-state index in [1.54, 1.807) is 32.0 Å². The van der Waals surface area contributed by atoms with Gasteiger partial charge in [-0.1, -0.05) is 10.1 Å². The van der Waals surface area contributed by atoms with Gasteiger partial charge in [-0.25, -0.2) is 23.7 Å². The molecule has 0 saturated carbocycles. The molecule has 1 aromatic heterocycles. The van der Waals surface area contributed by atoms with Crippen molar-refractivity contribution < 1.29 is 59.6 Å². The fourth-order valence-corrected chi connectivity index (χ4v) is 7.41. The van der Waals surface area contributed by atoms with Gasteiger partial charge in [0.2, 0.25) is 17.2 Å². The van der Waals surface area contributed by atoms with Crippen LogP contribution < -0.4 is 21.7 Å². The van der Waals surface area contributed by atoms with Crippen LogP contribution in [0, 0.1) is 13.8 Å². The lowest BCUT2D eigenvalue weighted by molar-refractivity contribution is -0.434. The van der Waals surface area contributed by atoms with Gasteiger partial charge in [0.05, 0.1) is 46.4 Å². The molecule has 8 N–H and O–H groups in total. The van der Waals surface area contributed by atoms with Gasteiger partial charge in [-0.2, -0.15) is 33.6 Å². The van der Waals surface area contributed by atoms with Crippen LogP contribution in [0.15, 0.2) is 108 Å². The van der Waals surface area contributed by atoms with Gasteiger partial charge >= 0.3 is 6.03 Å². The normalized spacial score (nSPS) is 12.0. The quantitative estimate of drug-likeness (QED) is 0.00961. The molecule has 0 aliphatic heterocycles. The molecule has 29 heteroatoms. The van der Waals surface area contributed by atoms with Crippen LogP contribution in [0.2, 0.25) is 5.28 Å². The molecule has 0 fully saturated rings. The zero-order valence-electron chi connectivity index (χ0n) is 31.0. The summed E-state index contributed by atoms with van der Waals surface area (Å²) in [7, 11) is -8.40. The van der Waals surface area contributed by atoms with E-state index in [2.05, 4.69) is 70.1 Å². The van der Waals surface area contributed by atoms with Crippen molar-refractivity contribution in [2.45, 2.75) is 28.5 Å². The van der Waals surface area contributed by atoms with Crippen LogP contribution in [0.4, 0.5) is 56.5 Å². The number of primary amides is 1. The number of carbonyl (C=O) groups is 1. The molecule has 0 bridgehead atoms. The number of nitrogens with zero attached hydrogens (tertiary/aromatic N) is 7. The molecule has 0 saturated heterocycles. The molecule has 0 unspecified atom stereocenters. The van der Waals surface area contributed by atoms with E-state index in [4.69, 9.17) is 32.0 Å². The molecule has 2 amide bonds. The third kappa shape index (κ3) is 13.8. The number of carbonyl (C=O) groups excluding carboxylic acids is 1. The van der Waals surface area contributed by atoms with Crippen LogP contribution >= 0.6 is 36.0 Å². The predicted molar refractivity (Wildman–Crippen MR) is 219 cm³/mol. The Hall–Kier alpha value is -5.47. The minimum absolute atomic E-state index is 0.00438. The van der Waals surface area contributed by atoms with Gasteiger partial charge in [0, 0.05) is 16.3 Å². The molecule has 0 atom stereocenters. The molecule has 24 nitrogen and oxygen atoms in total. The lowest BCUT2D eigenvalue weighted by Gasteiger charge is -2.11. The van der Waals surface area contributed by atoms with Crippen LogP contribution in [0.25, 0.3) is 0 Å². The average Bonchev–Trinajstić information content (AvgIpc) is 3.19. The molecule has 0 spiro atoms. The van der Waals surface area contributed by atoms with E-state index in [1.807, 2.05) is 0 Å². The Kier molecular flexibility index (Phi) is 16.3. The molecule has 322 valence electrons. The Bertz CT molecular complexity index is 2670. The smallest absolute Gasteiger partial charge is 0.316 e. The summed E-state index contributed by atoms with van der Waals surface area (Å²) in [6, 6.07) is 16.3. The number of aryl methyl sites for hydroxylation is 2. The van der Waals surface area contributed by atoms with Gasteiger partial charge in [-0.15, -0.1) is 18.9 Å².